The predicted molar refractivity (Wildman–Crippen MR) is 140 cm³/mol. The number of nitrogens with zero attached hydrogens (tertiary/aromatic N) is 3. The second-order valence-corrected chi connectivity index (χ2v) is 11.8. The highest BCUT2D eigenvalue weighted by molar-refractivity contribution is 7.89. The Labute approximate surface area is 216 Å². The van der Waals surface area contributed by atoms with Crippen LogP contribution in [0, 0.1) is 0 Å². The van der Waals surface area contributed by atoms with E-state index in [2.05, 4.69) is 22.3 Å². The molecule has 3 rings (SSSR count). The topological polar surface area (TPSA) is 99.3 Å². The maximum Gasteiger partial charge on any atom is 0.325 e. The summed E-state index contributed by atoms with van der Waals surface area (Å²) in [6.07, 6.45) is 4.38. The van der Waals surface area contributed by atoms with Crippen molar-refractivity contribution in [3.63, 3.8) is 0 Å². The number of hydrogen-bond acceptors (Lipinski definition) is 6. The van der Waals surface area contributed by atoms with Gasteiger partial charge in [0.2, 0.25) is 10.0 Å². The highest BCUT2D eigenvalue weighted by Crippen LogP contribution is 2.26. The molecule has 2 aliphatic heterocycles. The molecule has 10 heteroatoms. The van der Waals surface area contributed by atoms with Crippen LogP contribution in [-0.2, 0) is 26.1 Å². The van der Waals surface area contributed by atoms with Crippen molar-refractivity contribution >= 4 is 22.0 Å². The van der Waals surface area contributed by atoms with Gasteiger partial charge in [-0.1, -0.05) is 43.7 Å². The summed E-state index contributed by atoms with van der Waals surface area (Å²) >= 11 is 0. The van der Waals surface area contributed by atoms with Crippen LogP contribution in [-0.4, -0.2) is 91.7 Å². The molecule has 0 spiro atoms. The molecule has 1 aromatic rings. The highest BCUT2D eigenvalue weighted by atomic mass is 32.2. The third kappa shape index (κ3) is 8.18. The molecule has 202 valence electrons. The zero-order valence-electron chi connectivity index (χ0n) is 21.7. The van der Waals surface area contributed by atoms with Gasteiger partial charge in [0.25, 0.3) is 0 Å². The first-order valence-corrected chi connectivity index (χ1v) is 14.9. The summed E-state index contributed by atoms with van der Waals surface area (Å²) in [5, 5.41) is 2.75. The summed E-state index contributed by atoms with van der Waals surface area (Å²) in [5.74, 6) is -0.280. The summed E-state index contributed by atoms with van der Waals surface area (Å²) in [6, 6.07) is 10.1. The van der Waals surface area contributed by atoms with Gasteiger partial charge in [-0.2, -0.15) is 0 Å². The number of carbonyl (C=O) groups excluding carboxylic acids is 2. The monoisotopic (exact) mass is 522 g/mol. The standard InChI is InChI=1S/C26H42N4O5S/c1-3-5-19-36(33,34)29-17-13-24(14-18-29)30(26(32)27-20-25(31)35-4-2)23-11-15-28(16-12-23)21-22-9-7-6-8-10-22/h6-10,23-24H,3-5,11-21H2,1-2H3,(H,27,32). The lowest BCUT2D eigenvalue weighted by molar-refractivity contribution is -0.141. The van der Waals surface area contributed by atoms with E-state index in [0.29, 0.717) is 32.4 Å². The van der Waals surface area contributed by atoms with E-state index in [9.17, 15) is 18.0 Å². The number of rotatable bonds is 11. The maximum absolute atomic E-state index is 13.3. The summed E-state index contributed by atoms with van der Waals surface area (Å²) in [5.41, 5.74) is 1.27. The Bertz CT molecular complexity index is 927. The Morgan fingerprint density at radius 1 is 1.00 bits per heavy atom. The number of hydrogen-bond donors (Lipinski definition) is 1. The molecule has 2 aliphatic rings. The Balaban J connectivity index is 1.63. The first-order chi connectivity index (χ1) is 17.3. The molecule has 36 heavy (non-hydrogen) atoms. The van der Waals surface area contributed by atoms with E-state index in [1.54, 1.807) is 11.2 Å². The summed E-state index contributed by atoms with van der Waals surface area (Å²) < 4.78 is 31.9. The number of benzene rings is 1. The Morgan fingerprint density at radius 2 is 1.61 bits per heavy atom. The number of unbranched alkanes of at least 4 members (excludes halogenated alkanes) is 1. The first kappa shape index (κ1) is 28.4. The molecule has 2 fully saturated rings. The molecular formula is C26H42N4O5S. The normalized spacial score (nSPS) is 18.6. The smallest absolute Gasteiger partial charge is 0.325 e. The van der Waals surface area contributed by atoms with Gasteiger partial charge in [0.1, 0.15) is 6.54 Å². The zero-order valence-corrected chi connectivity index (χ0v) is 22.5. The lowest BCUT2D eigenvalue weighted by Crippen LogP contribution is -2.58. The number of amides is 2. The number of ether oxygens (including phenoxy) is 1. The molecule has 2 amide bonds. The lowest BCUT2D eigenvalue weighted by Gasteiger charge is -2.44. The van der Waals surface area contributed by atoms with Gasteiger partial charge in [-0.15, -0.1) is 0 Å². The number of sulfonamides is 1. The average Bonchev–Trinajstić information content (AvgIpc) is 2.88. The first-order valence-electron chi connectivity index (χ1n) is 13.3. The molecule has 0 bridgehead atoms. The molecular weight excluding hydrogens is 480 g/mol. The minimum absolute atomic E-state index is 0.0486. The van der Waals surface area contributed by atoms with Crippen LogP contribution in [0.1, 0.15) is 57.9 Å². The number of nitrogens with one attached hydrogen (secondary N) is 1. The molecule has 0 saturated carbocycles. The molecule has 1 N–H and O–H groups in total. The van der Waals surface area contributed by atoms with Crippen LogP contribution in [0.2, 0.25) is 0 Å². The summed E-state index contributed by atoms with van der Waals surface area (Å²) in [7, 11) is -3.26. The number of likely N-dealkylation sites (tertiary alicyclic amines) is 1. The number of carbonyl (C=O) groups is 2. The van der Waals surface area contributed by atoms with E-state index in [1.807, 2.05) is 30.0 Å². The second kappa shape index (κ2) is 13.9. The maximum atomic E-state index is 13.3. The minimum Gasteiger partial charge on any atom is -0.465 e. The Morgan fingerprint density at radius 3 is 2.19 bits per heavy atom. The SMILES string of the molecule is CCCCS(=O)(=O)N1CCC(N(C(=O)NCC(=O)OCC)C2CCN(Cc3ccccc3)CC2)CC1. The van der Waals surface area contributed by atoms with Gasteiger partial charge in [0.05, 0.1) is 12.4 Å². The molecule has 0 radical (unpaired) electrons. The van der Waals surface area contributed by atoms with Crippen molar-refractivity contribution in [3.8, 4) is 0 Å². The van der Waals surface area contributed by atoms with Crippen molar-refractivity contribution in [2.45, 2.75) is 71.0 Å². The fourth-order valence-corrected chi connectivity index (χ4v) is 6.81. The van der Waals surface area contributed by atoms with E-state index >= 15 is 0 Å². The second-order valence-electron chi connectivity index (χ2n) is 9.66. The van der Waals surface area contributed by atoms with Crippen LogP contribution in [0.3, 0.4) is 0 Å². The van der Waals surface area contributed by atoms with E-state index in [0.717, 1.165) is 38.9 Å². The van der Waals surface area contributed by atoms with Gasteiger partial charge < -0.3 is 15.0 Å². The number of urea groups is 1. The van der Waals surface area contributed by atoms with E-state index in [-0.39, 0.29) is 37.0 Å². The van der Waals surface area contributed by atoms with Crippen LogP contribution >= 0.6 is 0 Å². The lowest BCUT2D eigenvalue weighted by atomic mass is 9.97. The van der Waals surface area contributed by atoms with Crippen LogP contribution in [0.5, 0.6) is 0 Å². The van der Waals surface area contributed by atoms with Crippen molar-refractivity contribution in [2.75, 3.05) is 45.1 Å². The largest absolute Gasteiger partial charge is 0.465 e. The Kier molecular flexibility index (Phi) is 11.0. The van der Waals surface area contributed by atoms with Crippen molar-refractivity contribution < 1.29 is 22.7 Å². The third-order valence-electron chi connectivity index (χ3n) is 7.09. The van der Waals surface area contributed by atoms with Gasteiger partial charge >= 0.3 is 12.0 Å². The van der Waals surface area contributed by atoms with E-state index in [1.165, 1.54) is 5.56 Å². The van der Waals surface area contributed by atoms with Crippen LogP contribution in [0.25, 0.3) is 0 Å². The van der Waals surface area contributed by atoms with Crippen molar-refractivity contribution in [2.24, 2.45) is 0 Å². The summed E-state index contributed by atoms with van der Waals surface area (Å²) in [4.78, 5) is 29.5. The van der Waals surface area contributed by atoms with Crippen molar-refractivity contribution in [1.82, 2.24) is 19.4 Å². The van der Waals surface area contributed by atoms with Gasteiger partial charge in [-0.05, 0) is 44.6 Å². The minimum atomic E-state index is -3.26. The van der Waals surface area contributed by atoms with Gasteiger partial charge in [-0.3, -0.25) is 9.69 Å². The quantitative estimate of drug-likeness (QED) is 0.449. The molecule has 0 aliphatic carbocycles. The molecule has 1 aromatic carbocycles. The highest BCUT2D eigenvalue weighted by Gasteiger charge is 2.37. The predicted octanol–water partition coefficient (Wildman–Crippen LogP) is 2.82. The van der Waals surface area contributed by atoms with Gasteiger partial charge in [0, 0.05) is 44.8 Å². The van der Waals surface area contributed by atoms with Crippen LogP contribution in [0.15, 0.2) is 30.3 Å². The molecule has 2 heterocycles. The van der Waals surface area contributed by atoms with Crippen molar-refractivity contribution in [1.29, 1.82) is 0 Å². The van der Waals surface area contributed by atoms with E-state index < -0.39 is 16.0 Å². The van der Waals surface area contributed by atoms with E-state index in [4.69, 9.17) is 4.74 Å². The molecule has 0 aromatic heterocycles. The zero-order chi connectivity index (χ0) is 26.0. The number of esters is 1. The fraction of sp³-hybridized carbons (Fsp3) is 0.692. The van der Waals surface area contributed by atoms with Gasteiger partial charge in [-0.25, -0.2) is 17.5 Å². The summed E-state index contributed by atoms with van der Waals surface area (Å²) in [6.45, 7) is 7.31. The van der Waals surface area contributed by atoms with Crippen LogP contribution in [0.4, 0.5) is 4.79 Å². The van der Waals surface area contributed by atoms with Crippen LogP contribution < -0.4 is 5.32 Å². The molecule has 2 saturated heterocycles. The van der Waals surface area contributed by atoms with Crippen molar-refractivity contribution in [3.05, 3.63) is 35.9 Å². The molecule has 0 atom stereocenters. The molecule has 9 nitrogen and oxygen atoms in total. The fourth-order valence-electron chi connectivity index (χ4n) is 5.13. The average molecular weight is 523 g/mol. The van der Waals surface area contributed by atoms with Gasteiger partial charge in [0.15, 0.2) is 0 Å². The third-order valence-corrected chi connectivity index (χ3v) is 9.05. The number of piperidine rings is 2. The Hall–Kier alpha value is -2.17. The molecule has 0 unspecified atom stereocenters.